The molecule has 0 saturated carbocycles. The van der Waals surface area contributed by atoms with Crippen LogP contribution in [0, 0.1) is 6.92 Å². The number of esters is 1. The fourth-order valence-electron chi connectivity index (χ4n) is 2.61. The minimum Gasteiger partial charge on any atom is -0.496 e. The summed E-state index contributed by atoms with van der Waals surface area (Å²) in [6.07, 6.45) is 0. The number of pyridine rings is 1. The Morgan fingerprint density at radius 2 is 1.92 bits per heavy atom. The van der Waals surface area contributed by atoms with Gasteiger partial charge < -0.3 is 14.5 Å². The van der Waals surface area contributed by atoms with E-state index in [1.165, 1.54) is 6.07 Å². The number of carbonyl (C=O) groups is 1. The van der Waals surface area contributed by atoms with Crippen LogP contribution in [0.4, 0.5) is 0 Å². The largest absolute Gasteiger partial charge is 0.496 e. The van der Waals surface area contributed by atoms with Crippen LogP contribution in [0.2, 0.25) is 0 Å². The van der Waals surface area contributed by atoms with Crippen molar-refractivity contribution in [3.8, 4) is 5.75 Å². The van der Waals surface area contributed by atoms with Gasteiger partial charge in [-0.15, -0.1) is 0 Å². The first-order valence-corrected chi connectivity index (χ1v) is 7.51. The fourth-order valence-corrected chi connectivity index (χ4v) is 2.61. The molecule has 0 amide bonds. The van der Waals surface area contributed by atoms with Crippen LogP contribution in [-0.2, 0) is 11.3 Å². The number of methoxy groups -OCH3 is 1. The summed E-state index contributed by atoms with van der Waals surface area (Å²) in [4.78, 5) is 26.9. The minimum absolute atomic E-state index is 0.0742. The molecule has 0 aliphatic heterocycles. The molecule has 3 aromatic rings. The van der Waals surface area contributed by atoms with Crippen molar-refractivity contribution in [1.82, 2.24) is 4.98 Å². The summed E-state index contributed by atoms with van der Waals surface area (Å²) in [5.74, 6) is 0.116. The number of aromatic amines is 1. The monoisotopic (exact) mass is 323 g/mol. The Labute approximate surface area is 138 Å². The number of fused-ring (bicyclic) bond motifs is 1. The molecular weight excluding hydrogens is 306 g/mol. The molecule has 0 unspecified atom stereocenters. The van der Waals surface area contributed by atoms with Crippen LogP contribution in [0.5, 0.6) is 5.75 Å². The molecule has 5 heteroatoms. The van der Waals surface area contributed by atoms with Crippen molar-refractivity contribution in [3.63, 3.8) is 0 Å². The van der Waals surface area contributed by atoms with Gasteiger partial charge in [0.05, 0.1) is 12.7 Å². The molecule has 0 radical (unpaired) electrons. The number of aryl methyl sites for hydroxylation is 1. The molecule has 24 heavy (non-hydrogen) atoms. The Morgan fingerprint density at radius 3 is 2.71 bits per heavy atom. The van der Waals surface area contributed by atoms with Crippen LogP contribution < -0.4 is 10.3 Å². The van der Waals surface area contributed by atoms with Gasteiger partial charge in [-0.05, 0) is 25.1 Å². The van der Waals surface area contributed by atoms with Gasteiger partial charge in [-0.3, -0.25) is 4.79 Å². The minimum atomic E-state index is -0.541. The molecule has 1 aromatic heterocycles. The number of benzene rings is 2. The lowest BCUT2D eigenvalue weighted by Crippen LogP contribution is -2.13. The Kier molecular flexibility index (Phi) is 4.33. The van der Waals surface area contributed by atoms with Gasteiger partial charge in [0, 0.05) is 22.5 Å². The maximum Gasteiger partial charge on any atom is 0.339 e. The zero-order valence-corrected chi connectivity index (χ0v) is 13.5. The highest BCUT2D eigenvalue weighted by Gasteiger charge is 2.14. The lowest BCUT2D eigenvalue weighted by Gasteiger charge is -2.11. The quantitative estimate of drug-likeness (QED) is 0.749. The predicted octanol–water partition coefficient (Wildman–Crippen LogP) is 3.20. The third-order valence-electron chi connectivity index (χ3n) is 3.77. The Hall–Kier alpha value is -3.08. The fraction of sp³-hybridized carbons (Fsp3) is 0.158. The first-order chi connectivity index (χ1) is 11.6. The third-order valence-corrected chi connectivity index (χ3v) is 3.77. The van der Waals surface area contributed by atoms with Gasteiger partial charge in [-0.2, -0.15) is 0 Å². The van der Waals surface area contributed by atoms with Crippen molar-refractivity contribution in [1.29, 1.82) is 0 Å². The smallest absolute Gasteiger partial charge is 0.339 e. The van der Waals surface area contributed by atoms with Gasteiger partial charge in [0.15, 0.2) is 0 Å². The van der Waals surface area contributed by atoms with Gasteiger partial charge in [-0.25, -0.2) is 4.79 Å². The van der Waals surface area contributed by atoms with Crippen molar-refractivity contribution in [2.45, 2.75) is 13.5 Å². The normalized spacial score (nSPS) is 10.6. The van der Waals surface area contributed by atoms with Crippen LogP contribution in [0.3, 0.4) is 0 Å². The third kappa shape index (κ3) is 3.15. The molecule has 5 nitrogen and oxygen atoms in total. The second-order valence-electron chi connectivity index (χ2n) is 5.48. The number of hydrogen-bond acceptors (Lipinski definition) is 4. The topological polar surface area (TPSA) is 68.4 Å². The first-order valence-electron chi connectivity index (χ1n) is 7.51. The SMILES string of the molecule is COc1ccc(C)cc1COC(=O)c1cc(=O)[nH]c2ccccc12. The summed E-state index contributed by atoms with van der Waals surface area (Å²) in [6, 6.07) is 14.0. The summed E-state index contributed by atoms with van der Waals surface area (Å²) in [5, 5.41) is 0.651. The summed E-state index contributed by atoms with van der Waals surface area (Å²) in [7, 11) is 1.57. The molecule has 1 heterocycles. The van der Waals surface area contributed by atoms with E-state index in [1.54, 1.807) is 31.4 Å². The molecule has 122 valence electrons. The van der Waals surface area contributed by atoms with E-state index in [0.717, 1.165) is 11.1 Å². The highest BCUT2D eigenvalue weighted by Crippen LogP contribution is 2.22. The summed E-state index contributed by atoms with van der Waals surface area (Å²) in [6.45, 7) is 2.03. The van der Waals surface area contributed by atoms with Crippen LogP contribution in [-0.4, -0.2) is 18.1 Å². The van der Waals surface area contributed by atoms with Crippen molar-refractivity contribution in [3.05, 3.63) is 75.6 Å². The van der Waals surface area contributed by atoms with Crippen LogP contribution in [0.15, 0.2) is 53.3 Å². The number of H-pyrrole nitrogens is 1. The van der Waals surface area contributed by atoms with E-state index >= 15 is 0 Å². The number of carbonyl (C=O) groups excluding carboxylic acids is 1. The Balaban J connectivity index is 1.89. The van der Waals surface area contributed by atoms with Gasteiger partial charge in [0.1, 0.15) is 12.4 Å². The predicted molar refractivity (Wildman–Crippen MR) is 91.4 cm³/mol. The molecule has 0 aliphatic rings. The van der Waals surface area contributed by atoms with Gasteiger partial charge in [-0.1, -0.05) is 29.8 Å². The maximum atomic E-state index is 12.5. The maximum absolute atomic E-state index is 12.5. The van der Waals surface area contributed by atoms with E-state index in [0.29, 0.717) is 16.7 Å². The molecule has 1 N–H and O–H groups in total. The zero-order valence-electron chi connectivity index (χ0n) is 13.5. The van der Waals surface area contributed by atoms with E-state index in [4.69, 9.17) is 9.47 Å². The number of hydrogen-bond donors (Lipinski definition) is 1. The van der Waals surface area contributed by atoms with E-state index < -0.39 is 5.97 Å². The number of ether oxygens (including phenoxy) is 2. The number of nitrogens with one attached hydrogen (secondary N) is 1. The average molecular weight is 323 g/mol. The molecule has 3 rings (SSSR count). The molecule has 2 aromatic carbocycles. The highest BCUT2D eigenvalue weighted by atomic mass is 16.5. The van der Waals surface area contributed by atoms with E-state index in [-0.39, 0.29) is 17.7 Å². The second-order valence-corrected chi connectivity index (χ2v) is 5.48. The van der Waals surface area contributed by atoms with Crippen LogP contribution in [0.25, 0.3) is 10.9 Å². The van der Waals surface area contributed by atoms with E-state index in [1.807, 2.05) is 25.1 Å². The summed E-state index contributed by atoms with van der Waals surface area (Å²) >= 11 is 0. The molecule has 0 saturated heterocycles. The number of aromatic nitrogens is 1. The zero-order chi connectivity index (χ0) is 17.1. The highest BCUT2D eigenvalue weighted by molar-refractivity contribution is 6.03. The molecular formula is C19H17NO4. The Morgan fingerprint density at radius 1 is 1.12 bits per heavy atom. The molecule has 0 fully saturated rings. The summed E-state index contributed by atoms with van der Waals surface area (Å²) < 4.78 is 10.7. The van der Waals surface area contributed by atoms with Crippen molar-refractivity contribution in [2.75, 3.05) is 7.11 Å². The molecule has 0 spiro atoms. The van der Waals surface area contributed by atoms with E-state index in [2.05, 4.69) is 4.98 Å². The standard InChI is InChI=1S/C19H17NO4/c1-12-7-8-17(23-2)13(9-12)11-24-19(22)15-10-18(21)20-16-6-4-3-5-14(15)16/h3-10H,11H2,1-2H3,(H,20,21). The van der Waals surface area contributed by atoms with Crippen molar-refractivity contribution >= 4 is 16.9 Å². The van der Waals surface area contributed by atoms with Gasteiger partial charge in [0.2, 0.25) is 5.56 Å². The lowest BCUT2D eigenvalue weighted by molar-refractivity contribution is 0.0472. The van der Waals surface area contributed by atoms with Crippen molar-refractivity contribution in [2.24, 2.45) is 0 Å². The first kappa shape index (κ1) is 15.8. The average Bonchev–Trinajstić information content (AvgIpc) is 2.59. The lowest BCUT2D eigenvalue weighted by atomic mass is 10.1. The van der Waals surface area contributed by atoms with Crippen molar-refractivity contribution < 1.29 is 14.3 Å². The van der Waals surface area contributed by atoms with Gasteiger partial charge in [0.25, 0.3) is 0 Å². The molecule has 0 atom stereocenters. The second kappa shape index (κ2) is 6.58. The molecule has 0 bridgehead atoms. The van der Waals surface area contributed by atoms with Crippen LogP contribution >= 0.6 is 0 Å². The summed E-state index contributed by atoms with van der Waals surface area (Å²) in [5.41, 5.74) is 2.34. The number of rotatable bonds is 4. The van der Waals surface area contributed by atoms with E-state index in [9.17, 15) is 9.59 Å². The van der Waals surface area contributed by atoms with Crippen LogP contribution in [0.1, 0.15) is 21.5 Å². The van der Waals surface area contributed by atoms with Gasteiger partial charge >= 0.3 is 5.97 Å². The Bertz CT molecular complexity index is 959. The number of para-hydroxylation sites is 1. The molecule has 0 aliphatic carbocycles.